The lowest BCUT2D eigenvalue weighted by atomic mass is 9.96. The molecule has 3 heteroatoms. The van der Waals surface area contributed by atoms with E-state index in [1.165, 1.54) is 14.0 Å². The van der Waals surface area contributed by atoms with Crippen LogP contribution in [0.3, 0.4) is 0 Å². The average molecular weight is 210 g/mol. The number of rotatable bonds is 6. The van der Waals surface area contributed by atoms with Crippen LogP contribution >= 0.6 is 0 Å². The molecule has 84 valence electrons. The lowest BCUT2D eigenvalue weighted by molar-refractivity contribution is -0.151. The Balaban J connectivity index is 2.55. The maximum absolute atomic E-state index is 11.5. The number of hydrogen-bond acceptors (Lipinski definition) is 3. The molecule has 3 nitrogen and oxygen atoms in total. The van der Waals surface area contributed by atoms with E-state index in [9.17, 15) is 9.59 Å². The fraction of sp³-hybridized carbons (Fsp3) is 0.667. The Morgan fingerprint density at radius 2 is 2.27 bits per heavy atom. The number of ether oxygens (including phenoxy) is 1. The maximum atomic E-state index is 11.5. The standard InChI is InChI=1S/C12H18O3/c1-4-5-6-7-10-8-12(10,9(2)13)11(14)15-3/h4,10H,1,5-8H2,2-3H3. The van der Waals surface area contributed by atoms with E-state index in [0.29, 0.717) is 6.42 Å². The highest BCUT2D eigenvalue weighted by atomic mass is 16.5. The highest BCUT2D eigenvalue weighted by Gasteiger charge is 2.63. The Morgan fingerprint density at radius 1 is 1.60 bits per heavy atom. The van der Waals surface area contributed by atoms with Crippen LogP contribution in [0.5, 0.6) is 0 Å². The number of carbonyl (C=O) groups is 2. The largest absolute Gasteiger partial charge is 0.468 e. The van der Waals surface area contributed by atoms with Crippen molar-refractivity contribution in [2.24, 2.45) is 11.3 Å². The zero-order valence-corrected chi connectivity index (χ0v) is 9.41. The fourth-order valence-electron chi connectivity index (χ4n) is 2.19. The van der Waals surface area contributed by atoms with Crippen LogP contribution in [0.1, 0.15) is 32.6 Å². The molecule has 2 unspecified atom stereocenters. The zero-order chi connectivity index (χ0) is 11.5. The van der Waals surface area contributed by atoms with Gasteiger partial charge < -0.3 is 4.74 Å². The third-order valence-corrected chi connectivity index (χ3v) is 3.24. The topological polar surface area (TPSA) is 43.4 Å². The van der Waals surface area contributed by atoms with Gasteiger partial charge in [0.2, 0.25) is 0 Å². The second-order valence-electron chi connectivity index (χ2n) is 4.14. The smallest absolute Gasteiger partial charge is 0.319 e. The van der Waals surface area contributed by atoms with Crippen LogP contribution < -0.4 is 0 Å². The average Bonchev–Trinajstić information content (AvgIpc) is 2.93. The van der Waals surface area contributed by atoms with Crippen molar-refractivity contribution in [3.8, 4) is 0 Å². The molecule has 1 fully saturated rings. The fourth-order valence-corrected chi connectivity index (χ4v) is 2.19. The molecule has 1 rings (SSSR count). The van der Waals surface area contributed by atoms with Crippen LogP contribution in [0.25, 0.3) is 0 Å². The summed E-state index contributed by atoms with van der Waals surface area (Å²) in [7, 11) is 1.34. The number of carbonyl (C=O) groups excluding carboxylic acids is 2. The van der Waals surface area contributed by atoms with E-state index in [1.807, 2.05) is 6.08 Å². The quantitative estimate of drug-likeness (QED) is 0.292. The van der Waals surface area contributed by atoms with Gasteiger partial charge >= 0.3 is 5.97 Å². The second kappa shape index (κ2) is 4.60. The van der Waals surface area contributed by atoms with Crippen LogP contribution in [0.15, 0.2) is 12.7 Å². The van der Waals surface area contributed by atoms with Gasteiger partial charge in [-0.1, -0.05) is 6.08 Å². The van der Waals surface area contributed by atoms with Crippen LogP contribution in [0.4, 0.5) is 0 Å². The molecule has 0 saturated heterocycles. The van der Waals surface area contributed by atoms with E-state index < -0.39 is 5.41 Å². The molecule has 0 bridgehead atoms. The molecule has 0 heterocycles. The summed E-state index contributed by atoms with van der Waals surface area (Å²) in [6.45, 7) is 5.12. The van der Waals surface area contributed by atoms with Gasteiger partial charge in [-0.2, -0.15) is 0 Å². The minimum atomic E-state index is -0.810. The lowest BCUT2D eigenvalue weighted by Gasteiger charge is -2.10. The Labute approximate surface area is 90.5 Å². The molecule has 0 amide bonds. The van der Waals surface area contributed by atoms with Gasteiger partial charge in [0, 0.05) is 0 Å². The summed E-state index contributed by atoms with van der Waals surface area (Å²) < 4.78 is 4.70. The SMILES string of the molecule is C=CCCCC1CC1(C(C)=O)C(=O)OC. The van der Waals surface area contributed by atoms with Gasteiger partial charge in [0.1, 0.15) is 11.2 Å². The summed E-state index contributed by atoms with van der Waals surface area (Å²) >= 11 is 0. The molecule has 2 atom stereocenters. The molecule has 0 N–H and O–H groups in total. The summed E-state index contributed by atoms with van der Waals surface area (Å²) in [5.74, 6) is -0.237. The normalized spacial score (nSPS) is 28.3. The molecule has 1 aliphatic rings. The van der Waals surface area contributed by atoms with Crippen LogP contribution in [0.2, 0.25) is 0 Å². The summed E-state index contributed by atoms with van der Waals surface area (Å²) in [6, 6.07) is 0. The molecule has 0 aromatic heterocycles. The van der Waals surface area contributed by atoms with Crippen LogP contribution in [-0.2, 0) is 14.3 Å². The molecule has 0 aromatic carbocycles. The minimum absolute atomic E-state index is 0.0575. The first-order valence-electron chi connectivity index (χ1n) is 5.30. The number of methoxy groups -OCH3 is 1. The van der Waals surface area contributed by atoms with Gasteiger partial charge in [0.25, 0.3) is 0 Å². The second-order valence-corrected chi connectivity index (χ2v) is 4.14. The first kappa shape index (κ1) is 12.0. The van der Waals surface area contributed by atoms with Crippen molar-refractivity contribution in [2.45, 2.75) is 32.6 Å². The highest BCUT2D eigenvalue weighted by molar-refractivity contribution is 6.06. The van der Waals surface area contributed by atoms with E-state index in [2.05, 4.69) is 6.58 Å². The molecular formula is C12H18O3. The number of ketones is 1. The molecule has 1 saturated carbocycles. The van der Waals surface area contributed by atoms with Crippen molar-refractivity contribution in [1.29, 1.82) is 0 Å². The number of esters is 1. The van der Waals surface area contributed by atoms with Gasteiger partial charge in [-0.05, 0) is 38.5 Å². The third-order valence-electron chi connectivity index (χ3n) is 3.24. The number of unbranched alkanes of at least 4 members (excludes halogenated alkanes) is 1. The van der Waals surface area contributed by atoms with Crippen LogP contribution in [-0.4, -0.2) is 18.9 Å². The predicted molar refractivity (Wildman–Crippen MR) is 57.3 cm³/mol. The Hall–Kier alpha value is -1.12. The molecule has 0 spiro atoms. The van der Waals surface area contributed by atoms with Crippen molar-refractivity contribution in [2.75, 3.05) is 7.11 Å². The summed E-state index contributed by atoms with van der Waals surface area (Å²) in [5, 5.41) is 0. The molecular weight excluding hydrogens is 192 g/mol. The van der Waals surface area contributed by atoms with Crippen molar-refractivity contribution in [1.82, 2.24) is 0 Å². The van der Waals surface area contributed by atoms with Gasteiger partial charge in [-0.3, -0.25) is 9.59 Å². The van der Waals surface area contributed by atoms with Crippen LogP contribution in [0, 0.1) is 11.3 Å². The first-order valence-corrected chi connectivity index (χ1v) is 5.30. The summed E-state index contributed by atoms with van der Waals surface area (Å²) in [4.78, 5) is 23.0. The molecule has 1 aliphatic carbocycles. The van der Waals surface area contributed by atoms with Crippen molar-refractivity contribution in [3.63, 3.8) is 0 Å². The maximum Gasteiger partial charge on any atom is 0.319 e. The first-order chi connectivity index (χ1) is 7.09. The van der Waals surface area contributed by atoms with Crippen molar-refractivity contribution < 1.29 is 14.3 Å². The molecule has 0 aliphatic heterocycles. The van der Waals surface area contributed by atoms with Crippen molar-refractivity contribution >= 4 is 11.8 Å². The van der Waals surface area contributed by atoms with E-state index in [0.717, 1.165) is 19.3 Å². The van der Waals surface area contributed by atoms with Gasteiger partial charge in [0.15, 0.2) is 0 Å². The Bertz CT molecular complexity index is 283. The van der Waals surface area contributed by atoms with Gasteiger partial charge in [-0.15, -0.1) is 6.58 Å². The molecule has 15 heavy (non-hydrogen) atoms. The van der Waals surface area contributed by atoms with Gasteiger partial charge in [-0.25, -0.2) is 0 Å². The Kier molecular flexibility index (Phi) is 3.66. The van der Waals surface area contributed by atoms with E-state index in [4.69, 9.17) is 4.74 Å². The highest BCUT2D eigenvalue weighted by Crippen LogP contribution is 2.56. The van der Waals surface area contributed by atoms with E-state index in [-0.39, 0.29) is 17.7 Å². The lowest BCUT2D eigenvalue weighted by Crippen LogP contribution is -2.27. The van der Waals surface area contributed by atoms with Gasteiger partial charge in [0.05, 0.1) is 7.11 Å². The van der Waals surface area contributed by atoms with E-state index >= 15 is 0 Å². The summed E-state index contributed by atoms with van der Waals surface area (Å²) in [5.41, 5.74) is -0.810. The predicted octanol–water partition coefficient (Wildman–Crippen LogP) is 2.11. The Morgan fingerprint density at radius 3 is 2.73 bits per heavy atom. The number of allylic oxidation sites excluding steroid dienone is 1. The molecule has 0 aromatic rings. The number of Topliss-reactive ketones (excluding diaryl/α,β-unsaturated/α-hetero) is 1. The minimum Gasteiger partial charge on any atom is -0.468 e. The number of hydrogen-bond donors (Lipinski definition) is 0. The zero-order valence-electron chi connectivity index (χ0n) is 9.41. The molecule has 0 radical (unpaired) electrons. The third kappa shape index (κ3) is 2.11. The van der Waals surface area contributed by atoms with E-state index in [1.54, 1.807) is 0 Å². The summed E-state index contributed by atoms with van der Waals surface area (Å²) in [6.07, 6.45) is 5.34. The van der Waals surface area contributed by atoms with Crippen molar-refractivity contribution in [3.05, 3.63) is 12.7 Å². The monoisotopic (exact) mass is 210 g/mol.